The van der Waals surface area contributed by atoms with Crippen molar-refractivity contribution in [3.63, 3.8) is 0 Å². The molecule has 1 aromatic rings. The zero-order valence-electron chi connectivity index (χ0n) is 14.3. The SMILES string of the molecule is CN(Cc1ccsc1)C(=O)[C@@H]1CC[C@@H](NC(=O)OC(C)(C)C)C1. The third-order valence-electron chi connectivity index (χ3n) is 3.88. The highest BCUT2D eigenvalue weighted by atomic mass is 32.1. The molecular weight excluding hydrogens is 312 g/mol. The van der Waals surface area contributed by atoms with Gasteiger partial charge in [0.2, 0.25) is 5.91 Å². The molecule has 2 atom stereocenters. The number of alkyl carbamates (subject to hydrolysis) is 1. The van der Waals surface area contributed by atoms with Gasteiger partial charge in [-0.25, -0.2) is 4.79 Å². The van der Waals surface area contributed by atoms with E-state index in [9.17, 15) is 9.59 Å². The Morgan fingerprint density at radius 1 is 1.39 bits per heavy atom. The standard InChI is InChI=1S/C17H26N2O3S/c1-17(2,3)22-16(21)18-14-6-5-13(9-14)15(20)19(4)10-12-7-8-23-11-12/h7-8,11,13-14H,5-6,9-10H2,1-4H3,(H,18,21)/t13-,14-/m1/s1. The molecule has 0 bridgehead atoms. The van der Waals surface area contributed by atoms with Crippen LogP contribution in [0.4, 0.5) is 4.79 Å². The number of hydrogen-bond donors (Lipinski definition) is 1. The second-order valence-corrected chi connectivity index (χ2v) is 7.96. The molecule has 1 aliphatic rings. The zero-order chi connectivity index (χ0) is 17.0. The van der Waals surface area contributed by atoms with Crippen molar-refractivity contribution < 1.29 is 14.3 Å². The summed E-state index contributed by atoms with van der Waals surface area (Å²) in [6.07, 6.45) is 1.92. The van der Waals surface area contributed by atoms with E-state index in [0.29, 0.717) is 13.0 Å². The van der Waals surface area contributed by atoms with Gasteiger partial charge >= 0.3 is 6.09 Å². The van der Waals surface area contributed by atoms with Crippen LogP contribution in [0, 0.1) is 5.92 Å². The second-order valence-electron chi connectivity index (χ2n) is 7.18. The van der Waals surface area contributed by atoms with Crippen molar-refractivity contribution >= 4 is 23.3 Å². The van der Waals surface area contributed by atoms with Gasteiger partial charge < -0.3 is 15.0 Å². The largest absolute Gasteiger partial charge is 0.444 e. The van der Waals surface area contributed by atoms with E-state index >= 15 is 0 Å². The fraction of sp³-hybridized carbons (Fsp3) is 0.647. The number of hydrogen-bond acceptors (Lipinski definition) is 4. The first kappa shape index (κ1) is 17.8. The second kappa shape index (κ2) is 7.34. The molecule has 23 heavy (non-hydrogen) atoms. The predicted molar refractivity (Wildman–Crippen MR) is 91.3 cm³/mol. The highest BCUT2D eigenvalue weighted by Gasteiger charge is 2.33. The molecule has 2 amide bonds. The Hall–Kier alpha value is -1.56. The van der Waals surface area contributed by atoms with E-state index in [1.807, 2.05) is 39.3 Å². The van der Waals surface area contributed by atoms with Crippen molar-refractivity contribution in [3.8, 4) is 0 Å². The monoisotopic (exact) mass is 338 g/mol. The van der Waals surface area contributed by atoms with Crippen LogP contribution in [0.1, 0.15) is 45.6 Å². The lowest BCUT2D eigenvalue weighted by Crippen LogP contribution is -2.38. The molecule has 1 aromatic heterocycles. The fourth-order valence-electron chi connectivity index (χ4n) is 2.86. The first-order chi connectivity index (χ1) is 10.7. The molecule has 0 unspecified atom stereocenters. The number of amides is 2. The molecular formula is C17H26N2O3S. The molecule has 0 radical (unpaired) electrons. The van der Waals surface area contributed by atoms with Gasteiger partial charge in [0.1, 0.15) is 5.60 Å². The maximum Gasteiger partial charge on any atom is 0.407 e. The van der Waals surface area contributed by atoms with Crippen molar-refractivity contribution in [1.82, 2.24) is 10.2 Å². The summed E-state index contributed by atoms with van der Waals surface area (Å²) in [5.74, 6) is 0.142. The van der Waals surface area contributed by atoms with Crippen LogP contribution in [0.5, 0.6) is 0 Å². The molecule has 6 heteroatoms. The Morgan fingerprint density at radius 2 is 2.13 bits per heavy atom. The summed E-state index contributed by atoms with van der Waals surface area (Å²) in [5, 5.41) is 6.95. The van der Waals surface area contributed by atoms with Gasteiger partial charge in [0.25, 0.3) is 0 Å². The van der Waals surface area contributed by atoms with Crippen molar-refractivity contribution in [2.75, 3.05) is 7.05 Å². The summed E-state index contributed by atoms with van der Waals surface area (Å²) in [6, 6.07) is 2.06. The lowest BCUT2D eigenvalue weighted by atomic mass is 10.1. The zero-order valence-corrected chi connectivity index (χ0v) is 15.1. The summed E-state index contributed by atoms with van der Waals surface area (Å²) < 4.78 is 5.27. The van der Waals surface area contributed by atoms with Gasteiger partial charge in [0, 0.05) is 25.6 Å². The molecule has 0 saturated heterocycles. The van der Waals surface area contributed by atoms with Crippen LogP contribution >= 0.6 is 11.3 Å². The van der Waals surface area contributed by atoms with Crippen LogP contribution in [0.2, 0.25) is 0 Å². The van der Waals surface area contributed by atoms with E-state index in [2.05, 4.69) is 10.7 Å². The number of rotatable bonds is 4. The summed E-state index contributed by atoms with van der Waals surface area (Å²) in [6.45, 7) is 6.16. The van der Waals surface area contributed by atoms with E-state index in [1.165, 1.54) is 0 Å². The lowest BCUT2D eigenvalue weighted by Gasteiger charge is -2.22. The van der Waals surface area contributed by atoms with Crippen LogP contribution in [0.15, 0.2) is 16.8 Å². The summed E-state index contributed by atoms with van der Waals surface area (Å²) in [5.41, 5.74) is 0.658. The smallest absolute Gasteiger partial charge is 0.407 e. The van der Waals surface area contributed by atoms with Gasteiger partial charge in [0.05, 0.1) is 0 Å². The van der Waals surface area contributed by atoms with E-state index in [4.69, 9.17) is 4.74 Å². The van der Waals surface area contributed by atoms with Gasteiger partial charge in [-0.3, -0.25) is 4.79 Å². The molecule has 0 aliphatic heterocycles. The quantitative estimate of drug-likeness (QED) is 0.915. The van der Waals surface area contributed by atoms with Gasteiger partial charge in [-0.2, -0.15) is 11.3 Å². The van der Waals surface area contributed by atoms with Crippen LogP contribution in [-0.4, -0.2) is 35.6 Å². The third-order valence-corrected chi connectivity index (χ3v) is 4.61. The number of carbonyl (C=O) groups is 2. The first-order valence-corrected chi connectivity index (χ1v) is 8.94. The summed E-state index contributed by atoms with van der Waals surface area (Å²) in [7, 11) is 1.84. The number of thiophene rings is 1. The van der Waals surface area contributed by atoms with Crippen molar-refractivity contribution in [3.05, 3.63) is 22.4 Å². The van der Waals surface area contributed by atoms with Crippen molar-refractivity contribution in [2.24, 2.45) is 5.92 Å². The Balaban J connectivity index is 1.80. The Labute approximate surface area is 142 Å². The molecule has 1 saturated carbocycles. The highest BCUT2D eigenvalue weighted by Crippen LogP contribution is 2.28. The topological polar surface area (TPSA) is 58.6 Å². The Morgan fingerprint density at radius 3 is 2.74 bits per heavy atom. The third kappa shape index (κ3) is 5.53. The highest BCUT2D eigenvalue weighted by molar-refractivity contribution is 7.07. The summed E-state index contributed by atoms with van der Waals surface area (Å²) >= 11 is 1.64. The molecule has 0 aromatic carbocycles. The van der Waals surface area contributed by atoms with E-state index < -0.39 is 11.7 Å². The van der Waals surface area contributed by atoms with Gasteiger partial charge in [-0.05, 0) is 62.4 Å². The number of ether oxygens (including phenoxy) is 1. The van der Waals surface area contributed by atoms with Gasteiger partial charge in [-0.1, -0.05) is 0 Å². The molecule has 0 spiro atoms. The molecule has 128 valence electrons. The van der Waals surface area contributed by atoms with Gasteiger partial charge in [0.15, 0.2) is 0 Å². The lowest BCUT2D eigenvalue weighted by molar-refractivity contribution is -0.134. The Kier molecular flexibility index (Phi) is 5.68. The maximum absolute atomic E-state index is 12.5. The number of nitrogens with zero attached hydrogens (tertiary/aromatic N) is 1. The van der Waals surface area contributed by atoms with Crippen LogP contribution in [0.25, 0.3) is 0 Å². The Bertz CT molecular complexity index is 537. The molecule has 2 rings (SSSR count). The molecule has 1 fully saturated rings. The molecule has 1 heterocycles. The molecule has 5 nitrogen and oxygen atoms in total. The average Bonchev–Trinajstić information content (AvgIpc) is 3.07. The van der Waals surface area contributed by atoms with Crippen LogP contribution < -0.4 is 5.32 Å². The predicted octanol–water partition coefficient (Wildman–Crippen LogP) is 3.40. The fourth-order valence-corrected chi connectivity index (χ4v) is 3.52. The van der Waals surface area contributed by atoms with E-state index in [-0.39, 0.29) is 17.9 Å². The molecule has 1 N–H and O–H groups in total. The van der Waals surface area contributed by atoms with E-state index in [0.717, 1.165) is 18.4 Å². The number of nitrogens with one attached hydrogen (secondary N) is 1. The van der Waals surface area contributed by atoms with Crippen molar-refractivity contribution in [1.29, 1.82) is 0 Å². The van der Waals surface area contributed by atoms with Crippen LogP contribution in [0.3, 0.4) is 0 Å². The molecule has 1 aliphatic carbocycles. The van der Waals surface area contributed by atoms with E-state index in [1.54, 1.807) is 16.2 Å². The van der Waals surface area contributed by atoms with Crippen LogP contribution in [-0.2, 0) is 16.1 Å². The average molecular weight is 338 g/mol. The summed E-state index contributed by atoms with van der Waals surface area (Å²) in [4.78, 5) is 26.1. The minimum Gasteiger partial charge on any atom is -0.444 e. The van der Waals surface area contributed by atoms with Crippen molar-refractivity contribution in [2.45, 2.75) is 58.2 Å². The minimum atomic E-state index is -0.501. The first-order valence-electron chi connectivity index (χ1n) is 8.00. The normalized spacial score (nSPS) is 21.0. The minimum absolute atomic E-state index is 0.0152. The maximum atomic E-state index is 12.5. The number of carbonyl (C=O) groups excluding carboxylic acids is 2. The van der Waals surface area contributed by atoms with Gasteiger partial charge in [-0.15, -0.1) is 0 Å².